The zero-order valence-electron chi connectivity index (χ0n) is 23.4. The number of carbonyl (C=O) groups is 1. The first kappa shape index (κ1) is 28.3. The van der Waals surface area contributed by atoms with Gasteiger partial charge >= 0.3 is 0 Å². The van der Waals surface area contributed by atoms with Gasteiger partial charge in [-0.1, -0.05) is 19.1 Å². The molecule has 0 spiro atoms. The fraction of sp³-hybridized carbons (Fsp3) is 0.429. The predicted molar refractivity (Wildman–Crippen MR) is 154 cm³/mol. The average Bonchev–Trinajstić information content (AvgIpc) is 3.16. The van der Waals surface area contributed by atoms with Crippen LogP contribution in [0.5, 0.6) is 0 Å². The molecule has 1 unspecified atom stereocenters. The van der Waals surface area contributed by atoms with Gasteiger partial charge < -0.3 is 15.5 Å². The van der Waals surface area contributed by atoms with E-state index in [9.17, 15) is 13.2 Å². The summed E-state index contributed by atoms with van der Waals surface area (Å²) >= 11 is 0. The molecule has 0 saturated carbocycles. The monoisotopic (exact) mass is 551 g/mol. The van der Waals surface area contributed by atoms with Crippen LogP contribution < -0.4 is 20.3 Å². The van der Waals surface area contributed by atoms with Crippen molar-refractivity contribution in [1.29, 1.82) is 0 Å². The highest BCUT2D eigenvalue weighted by molar-refractivity contribution is 7.90. The molecule has 3 aromatic heterocycles. The number of aryl methyl sites for hydroxylation is 1. The summed E-state index contributed by atoms with van der Waals surface area (Å²) in [6.45, 7) is 14.8. The highest BCUT2D eigenvalue weighted by Gasteiger charge is 2.41. The molecule has 3 aromatic rings. The molecule has 1 atom stereocenters. The molecule has 4 heterocycles. The van der Waals surface area contributed by atoms with Crippen molar-refractivity contribution >= 4 is 33.4 Å². The van der Waals surface area contributed by atoms with Gasteiger partial charge in [-0.05, 0) is 82.9 Å². The summed E-state index contributed by atoms with van der Waals surface area (Å²) in [4.78, 5) is 31.5. The van der Waals surface area contributed by atoms with Crippen LogP contribution in [-0.4, -0.2) is 54.5 Å². The highest BCUT2D eigenvalue weighted by Crippen LogP contribution is 2.39. The molecule has 1 aliphatic heterocycles. The summed E-state index contributed by atoms with van der Waals surface area (Å²) in [5.74, 6) is 0.862. The minimum atomic E-state index is -4.25. The Balaban J connectivity index is 1.81. The van der Waals surface area contributed by atoms with Crippen LogP contribution in [0.2, 0.25) is 0 Å². The summed E-state index contributed by atoms with van der Waals surface area (Å²) < 4.78 is 28.1. The third-order valence-electron chi connectivity index (χ3n) is 7.72. The van der Waals surface area contributed by atoms with Gasteiger partial charge in [-0.2, -0.15) is 8.42 Å². The number of nitrogens with two attached hydrogens (primary N) is 1. The van der Waals surface area contributed by atoms with Crippen LogP contribution in [0.1, 0.15) is 57.0 Å². The molecule has 10 nitrogen and oxygen atoms in total. The number of rotatable bonds is 8. The molecule has 3 N–H and O–H groups in total. The SMILES string of the molecule is CCN(CC)c1ccc(C)c(-c2ccc(C(=O)NS(=O)(=O)c3cccc(N)n3)c(N3CCC(C)C3(C)C)n2)n1. The van der Waals surface area contributed by atoms with Gasteiger partial charge in [0.15, 0.2) is 5.03 Å². The van der Waals surface area contributed by atoms with Gasteiger partial charge in [0.25, 0.3) is 15.9 Å². The molecular weight excluding hydrogens is 514 g/mol. The Kier molecular flexibility index (Phi) is 7.83. The van der Waals surface area contributed by atoms with Crippen molar-refractivity contribution in [1.82, 2.24) is 19.7 Å². The number of nitrogen functional groups attached to an aromatic ring is 1. The van der Waals surface area contributed by atoms with E-state index in [0.717, 1.165) is 30.9 Å². The van der Waals surface area contributed by atoms with Gasteiger partial charge in [-0.25, -0.2) is 19.7 Å². The largest absolute Gasteiger partial charge is 0.384 e. The van der Waals surface area contributed by atoms with Crippen molar-refractivity contribution in [3.63, 3.8) is 0 Å². The molecule has 1 saturated heterocycles. The Labute approximate surface area is 230 Å². The van der Waals surface area contributed by atoms with Crippen LogP contribution in [0, 0.1) is 12.8 Å². The minimum absolute atomic E-state index is 0.0413. The number of sulfonamides is 1. The smallest absolute Gasteiger partial charge is 0.281 e. The van der Waals surface area contributed by atoms with E-state index in [1.807, 2.05) is 19.1 Å². The summed E-state index contributed by atoms with van der Waals surface area (Å²) in [6.07, 6.45) is 0.917. The fourth-order valence-electron chi connectivity index (χ4n) is 4.88. The van der Waals surface area contributed by atoms with Crippen LogP contribution in [0.25, 0.3) is 11.4 Å². The number of hydrogen-bond acceptors (Lipinski definition) is 9. The topological polar surface area (TPSA) is 134 Å². The van der Waals surface area contributed by atoms with Crippen molar-refractivity contribution < 1.29 is 13.2 Å². The van der Waals surface area contributed by atoms with E-state index in [0.29, 0.717) is 29.7 Å². The Morgan fingerprint density at radius 1 is 1.10 bits per heavy atom. The molecule has 4 rings (SSSR count). The predicted octanol–water partition coefficient (Wildman–Crippen LogP) is 4.02. The Morgan fingerprint density at radius 3 is 2.44 bits per heavy atom. The van der Waals surface area contributed by atoms with Gasteiger partial charge in [-0.3, -0.25) is 4.79 Å². The number of nitrogens with one attached hydrogen (secondary N) is 1. The van der Waals surface area contributed by atoms with Gasteiger partial charge in [0.05, 0.1) is 17.0 Å². The van der Waals surface area contributed by atoms with Gasteiger partial charge in [0.1, 0.15) is 17.5 Å². The molecule has 39 heavy (non-hydrogen) atoms. The zero-order valence-corrected chi connectivity index (χ0v) is 24.2. The lowest BCUT2D eigenvalue weighted by atomic mass is 9.90. The van der Waals surface area contributed by atoms with Crippen LogP contribution in [0.4, 0.5) is 17.5 Å². The maximum atomic E-state index is 13.5. The van der Waals surface area contributed by atoms with E-state index in [1.165, 1.54) is 18.2 Å². The number of carbonyl (C=O) groups excluding carboxylic acids is 1. The van der Waals surface area contributed by atoms with Crippen molar-refractivity contribution in [2.75, 3.05) is 35.2 Å². The number of aromatic nitrogens is 3. The normalized spacial score (nSPS) is 16.8. The van der Waals surface area contributed by atoms with E-state index in [-0.39, 0.29) is 21.9 Å². The number of pyridine rings is 3. The van der Waals surface area contributed by atoms with E-state index in [4.69, 9.17) is 15.7 Å². The van der Waals surface area contributed by atoms with E-state index in [1.54, 1.807) is 12.1 Å². The minimum Gasteiger partial charge on any atom is -0.384 e. The standard InChI is InChI=1S/C28H37N7O3S/c1-7-34(8-2)23-15-12-18(3)25(32-23)21-14-13-20(26(30-21)35-17-16-19(4)28(35,5)6)27(36)33-39(37,38)24-11-9-10-22(29)31-24/h9-15,19H,7-8,16-17H2,1-6H3,(H2,29,31)(H,33,36). The summed E-state index contributed by atoms with van der Waals surface area (Å²) in [7, 11) is -4.25. The number of hydrogen-bond donors (Lipinski definition) is 2. The maximum absolute atomic E-state index is 13.5. The summed E-state index contributed by atoms with van der Waals surface area (Å²) in [5, 5.41) is -0.329. The number of nitrogens with zero attached hydrogens (tertiary/aromatic N) is 5. The lowest BCUT2D eigenvalue weighted by Crippen LogP contribution is -2.43. The molecular formula is C28H37N7O3S. The molecule has 1 aliphatic rings. The first-order valence-corrected chi connectivity index (χ1v) is 14.7. The van der Waals surface area contributed by atoms with Gasteiger partial charge in [0, 0.05) is 25.2 Å². The second-order valence-corrected chi connectivity index (χ2v) is 12.0. The van der Waals surface area contributed by atoms with Crippen LogP contribution in [0.3, 0.4) is 0 Å². The van der Waals surface area contributed by atoms with Crippen molar-refractivity contribution in [3.8, 4) is 11.4 Å². The third-order valence-corrected chi connectivity index (χ3v) is 8.95. The molecule has 0 bridgehead atoms. The quantitative estimate of drug-likeness (QED) is 0.426. The van der Waals surface area contributed by atoms with Crippen molar-refractivity contribution in [2.24, 2.45) is 5.92 Å². The highest BCUT2D eigenvalue weighted by atomic mass is 32.2. The molecule has 1 amide bonds. The summed E-state index contributed by atoms with van der Waals surface area (Å²) in [6, 6.07) is 11.6. The summed E-state index contributed by atoms with van der Waals surface area (Å²) in [5.41, 5.74) is 7.80. The van der Waals surface area contributed by atoms with Crippen LogP contribution in [0.15, 0.2) is 47.5 Å². The molecule has 0 radical (unpaired) electrons. The fourth-order valence-corrected chi connectivity index (χ4v) is 5.83. The molecule has 11 heteroatoms. The van der Waals surface area contributed by atoms with Gasteiger partial charge in [0.2, 0.25) is 0 Å². The Morgan fingerprint density at radius 2 is 1.82 bits per heavy atom. The first-order valence-electron chi connectivity index (χ1n) is 13.2. The van der Waals surface area contributed by atoms with Crippen molar-refractivity contribution in [3.05, 3.63) is 53.6 Å². The van der Waals surface area contributed by atoms with Gasteiger partial charge in [-0.15, -0.1) is 0 Å². The number of amides is 1. The Bertz CT molecular complexity index is 1490. The average molecular weight is 552 g/mol. The number of anilines is 3. The lowest BCUT2D eigenvalue weighted by Gasteiger charge is -2.36. The maximum Gasteiger partial charge on any atom is 0.281 e. The van der Waals surface area contributed by atoms with E-state index >= 15 is 0 Å². The molecule has 208 valence electrons. The van der Waals surface area contributed by atoms with Crippen LogP contribution >= 0.6 is 0 Å². The Hall–Kier alpha value is -3.73. The zero-order chi connectivity index (χ0) is 28.5. The third kappa shape index (κ3) is 5.54. The second kappa shape index (κ2) is 10.8. The van der Waals surface area contributed by atoms with Crippen LogP contribution in [-0.2, 0) is 10.0 Å². The van der Waals surface area contributed by atoms with E-state index < -0.39 is 15.9 Å². The molecule has 1 fully saturated rings. The molecule has 0 aliphatic carbocycles. The molecule has 0 aromatic carbocycles. The lowest BCUT2D eigenvalue weighted by molar-refractivity contribution is 0.0981. The van der Waals surface area contributed by atoms with Crippen molar-refractivity contribution in [2.45, 2.75) is 58.5 Å². The van der Waals surface area contributed by atoms with E-state index in [2.05, 4.69) is 54.1 Å². The second-order valence-electron chi connectivity index (χ2n) is 10.4. The first-order chi connectivity index (χ1) is 18.4.